The van der Waals surface area contributed by atoms with Crippen LogP contribution >= 0.6 is 0 Å². The van der Waals surface area contributed by atoms with E-state index in [-0.39, 0.29) is 49.4 Å². The molecule has 1 aromatic carbocycles. The molecule has 1 saturated carbocycles. The van der Waals surface area contributed by atoms with Crippen molar-refractivity contribution >= 4 is 23.9 Å². The van der Waals surface area contributed by atoms with Gasteiger partial charge in [0.2, 0.25) is 5.91 Å². The fraction of sp³-hybridized carbons (Fsp3) is 0.730. The number of carbonyl (C=O) groups is 4. The van der Waals surface area contributed by atoms with E-state index in [1.165, 1.54) is 4.90 Å². The summed E-state index contributed by atoms with van der Waals surface area (Å²) in [6.45, 7) is 15.7. The van der Waals surface area contributed by atoms with Crippen LogP contribution in [0.3, 0.4) is 0 Å². The number of likely N-dealkylation sites (tertiary alicyclic amines) is 2. The Labute approximate surface area is 289 Å². The molecular formula is C37H55FN4O7. The van der Waals surface area contributed by atoms with Crippen molar-refractivity contribution in [1.82, 2.24) is 14.7 Å². The van der Waals surface area contributed by atoms with Crippen molar-refractivity contribution in [1.29, 1.82) is 0 Å². The number of carbonyl (C=O) groups excluding carboxylic acids is 4. The number of amides is 3. The Morgan fingerprint density at radius 1 is 0.939 bits per heavy atom. The zero-order valence-electron chi connectivity index (χ0n) is 30.3. The molecule has 49 heavy (non-hydrogen) atoms. The maximum Gasteiger partial charge on any atom is 0.410 e. The highest BCUT2D eigenvalue weighted by molar-refractivity contribution is 6.02. The van der Waals surface area contributed by atoms with Gasteiger partial charge in [-0.05, 0) is 124 Å². The Morgan fingerprint density at radius 3 is 2.12 bits per heavy atom. The highest BCUT2D eigenvalue weighted by Gasteiger charge is 2.42. The Morgan fingerprint density at radius 2 is 1.55 bits per heavy atom. The molecule has 2 N–H and O–H groups in total. The second kappa shape index (κ2) is 14.5. The third-order valence-electron chi connectivity index (χ3n) is 10.2. The quantitative estimate of drug-likeness (QED) is 0.351. The molecule has 2 saturated heterocycles. The number of benzene rings is 1. The van der Waals surface area contributed by atoms with Crippen LogP contribution in [0.25, 0.3) is 0 Å². The summed E-state index contributed by atoms with van der Waals surface area (Å²) in [7, 11) is 0. The Hall–Kier alpha value is -3.25. The fourth-order valence-electron chi connectivity index (χ4n) is 7.67. The van der Waals surface area contributed by atoms with Crippen molar-refractivity contribution in [3.63, 3.8) is 0 Å². The smallest absolute Gasteiger partial charge is 0.410 e. The Kier molecular flexibility index (Phi) is 11.0. The summed E-state index contributed by atoms with van der Waals surface area (Å²) in [6, 6.07) is 1.22. The van der Waals surface area contributed by atoms with Crippen molar-refractivity contribution in [2.45, 2.75) is 148 Å². The third kappa shape index (κ3) is 8.92. The van der Waals surface area contributed by atoms with E-state index in [1.807, 2.05) is 27.7 Å². The lowest BCUT2D eigenvalue weighted by Crippen LogP contribution is -2.52. The Balaban J connectivity index is 1.11. The maximum absolute atomic E-state index is 16.2. The number of hydrogen-bond donors (Lipinski definition) is 1. The lowest BCUT2D eigenvalue weighted by molar-refractivity contribution is -0.155. The first-order valence-corrected chi connectivity index (χ1v) is 17.9. The van der Waals surface area contributed by atoms with Crippen molar-refractivity contribution in [3.8, 4) is 0 Å². The molecule has 272 valence electrons. The molecular weight excluding hydrogens is 631 g/mol. The van der Waals surface area contributed by atoms with Gasteiger partial charge in [-0.3, -0.25) is 14.4 Å². The van der Waals surface area contributed by atoms with Crippen molar-refractivity contribution in [2.75, 3.05) is 26.2 Å². The summed E-state index contributed by atoms with van der Waals surface area (Å²) >= 11 is 0. The Bertz CT molecular complexity index is 1410. The highest BCUT2D eigenvalue weighted by atomic mass is 19.1. The highest BCUT2D eigenvalue weighted by Crippen LogP contribution is 2.40. The lowest BCUT2D eigenvalue weighted by Gasteiger charge is -2.47. The number of nitrogens with zero attached hydrogens (tertiary/aromatic N) is 3. The fourth-order valence-corrected chi connectivity index (χ4v) is 7.67. The molecule has 3 aliphatic heterocycles. The molecule has 1 aliphatic carbocycles. The van der Waals surface area contributed by atoms with Crippen LogP contribution in [0.1, 0.15) is 126 Å². The van der Waals surface area contributed by atoms with Crippen LogP contribution in [0.4, 0.5) is 9.18 Å². The zero-order chi connectivity index (χ0) is 35.8. The molecule has 11 nitrogen and oxygen atoms in total. The number of halogens is 1. The number of piperidine rings is 2. The van der Waals surface area contributed by atoms with Gasteiger partial charge in [-0.15, -0.1) is 0 Å². The molecule has 4 aliphatic rings. The van der Waals surface area contributed by atoms with Crippen molar-refractivity contribution in [3.05, 3.63) is 34.1 Å². The van der Waals surface area contributed by atoms with E-state index in [0.29, 0.717) is 41.4 Å². The third-order valence-corrected chi connectivity index (χ3v) is 10.2. The molecule has 0 aromatic heterocycles. The van der Waals surface area contributed by atoms with Gasteiger partial charge in [-0.25, -0.2) is 9.18 Å². The van der Waals surface area contributed by atoms with Crippen LogP contribution in [0.2, 0.25) is 0 Å². The summed E-state index contributed by atoms with van der Waals surface area (Å²) in [6.07, 6.45) is 5.29. The zero-order valence-corrected chi connectivity index (χ0v) is 30.3. The van der Waals surface area contributed by atoms with Gasteiger partial charge >= 0.3 is 12.1 Å². The first-order valence-electron chi connectivity index (χ1n) is 17.9. The number of hydrogen-bond acceptors (Lipinski definition) is 8. The summed E-state index contributed by atoms with van der Waals surface area (Å²) in [5, 5.41) is 0. The summed E-state index contributed by atoms with van der Waals surface area (Å²) in [5.41, 5.74) is 6.42. The second-order valence-electron chi connectivity index (χ2n) is 16.3. The van der Waals surface area contributed by atoms with Crippen LogP contribution in [0.5, 0.6) is 0 Å². The van der Waals surface area contributed by atoms with Crippen LogP contribution < -0.4 is 5.73 Å². The molecule has 0 spiro atoms. The molecule has 5 rings (SSSR count). The molecule has 3 fully saturated rings. The van der Waals surface area contributed by atoms with E-state index < -0.39 is 35.0 Å². The molecule has 0 bridgehead atoms. The van der Waals surface area contributed by atoms with Gasteiger partial charge in [0.25, 0.3) is 5.91 Å². The molecule has 0 unspecified atom stereocenters. The molecule has 3 amide bonds. The summed E-state index contributed by atoms with van der Waals surface area (Å²) in [5.74, 6) is -1.99. The van der Waals surface area contributed by atoms with E-state index in [9.17, 15) is 19.2 Å². The van der Waals surface area contributed by atoms with Crippen LogP contribution in [0.15, 0.2) is 6.07 Å². The standard InChI is InChI=1S/C37H55FN4O7/c1-22-18-27(32(38)28-21-42(34(45)31(22)28)29(33(39)44)8-9-30(43)48-36(2,3)4)23-10-14-40(15-11-23)24-19-26(20-24)47-25-12-16-41(17-13-25)35(46)49-37(5,6)7/h18,23-26,29H,8-17,19-21H2,1-7H3,(H2,39,44)/t24-,26-,29-/m0/s1. The van der Waals surface area contributed by atoms with Gasteiger partial charge in [0.05, 0.1) is 24.3 Å². The summed E-state index contributed by atoms with van der Waals surface area (Å²) in [4.78, 5) is 56.1. The minimum absolute atomic E-state index is 0.0103. The van der Waals surface area contributed by atoms with Crippen LogP contribution in [-0.2, 0) is 30.3 Å². The first kappa shape index (κ1) is 37.0. The monoisotopic (exact) mass is 686 g/mol. The molecule has 1 aromatic rings. The van der Waals surface area contributed by atoms with E-state index >= 15 is 4.39 Å². The number of fused-ring (bicyclic) bond motifs is 1. The van der Waals surface area contributed by atoms with E-state index in [2.05, 4.69) is 4.90 Å². The normalized spacial score (nSPS) is 23.2. The number of ether oxygens (including phenoxy) is 3. The van der Waals surface area contributed by atoms with Gasteiger partial charge in [-0.1, -0.05) is 6.07 Å². The SMILES string of the molecule is Cc1cc(C2CCN([C@H]3C[C@H](OC4CCN(C(=O)OC(C)(C)C)CC4)C3)CC2)c(F)c2c1C(=O)N([C@@H](CCC(=O)OC(C)(C)C)C(N)=O)C2. The number of primary amides is 1. The van der Waals surface area contributed by atoms with Gasteiger partial charge < -0.3 is 34.6 Å². The maximum atomic E-state index is 16.2. The minimum Gasteiger partial charge on any atom is -0.460 e. The minimum atomic E-state index is -1.04. The van der Waals surface area contributed by atoms with Crippen molar-refractivity contribution < 1.29 is 37.8 Å². The number of aryl methyl sites for hydroxylation is 1. The first-order chi connectivity index (χ1) is 22.9. The topological polar surface area (TPSA) is 132 Å². The molecule has 12 heteroatoms. The van der Waals surface area contributed by atoms with Crippen LogP contribution in [-0.4, -0.2) is 100 Å². The molecule has 3 heterocycles. The van der Waals surface area contributed by atoms with E-state index in [1.54, 1.807) is 31.7 Å². The van der Waals surface area contributed by atoms with Gasteiger partial charge in [0, 0.05) is 31.1 Å². The van der Waals surface area contributed by atoms with Gasteiger partial charge in [-0.2, -0.15) is 0 Å². The van der Waals surface area contributed by atoms with Gasteiger partial charge in [0.1, 0.15) is 23.1 Å². The predicted octanol–water partition coefficient (Wildman–Crippen LogP) is 5.19. The average Bonchev–Trinajstić information content (AvgIpc) is 3.32. The number of esters is 1. The molecule has 0 radical (unpaired) electrons. The lowest BCUT2D eigenvalue weighted by atomic mass is 9.82. The summed E-state index contributed by atoms with van der Waals surface area (Å²) < 4.78 is 33.4. The second-order valence-corrected chi connectivity index (χ2v) is 16.3. The number of rotatable bonds is 9. The molecule has 1 atom stereocenters. The van der Waals surface area contributed by atoms with E-state index in [4.69, 9.17) is 19.9 Å². The average molecular weight is 687 g/mol. The van der Waals surface area contributed by atoms with Crippen molar-refractivity contribution in [2.24, 2.45) is 5.73 Å². The van der Waals surface area contributed by atoms with E-state index in [0.717, 1.165) is 51.6 Å². The number of nitrogens with two attached hydrogens (primary N) is 1. The predicted molar refractivity (Wildman–Crippen MR) is 181 cm³/mol. The largest absolute Gasteiger partial charge is 0.460 e. The van der Waals surface area contributed by atoms with Crippen LogP contribution in [0, 0.1) is 12.7 Å². The van der Waals surface area contributed by atoms with Gasteiger partial charge in [0.15, 0.2) is 0 Å².